The molecule has 1 heterocycles. The van der Waals surface area contributed by atoms with E-state index >= 15 is 0 Å². The molecular weight excluding hydrogens is 403 g/mol. The van der Waals surface area contributed by atoms with Crippen molar-refractivity contribution in [1.82, 2.24) is 15.2 Å². The van der Waals surface area contributed by atoms with Crippen molar-refractivity contribution in [3.63, 3.8) is 0 Å². The van der Waals surface area contributed by atoms with Crippen LogP contribution in [0.15, 0.2) is 28.0 Å². The Balaban J connectivity index is 0.00000484. The second-order valence-electron chi connectivity index (χ2n) is 6.04. The number of aryl methyl sites for hydroxylation is 1. The van der Waals surface area contributed by atoms with Crippen molar-refractivity contribution in [2.24, 2.45) is 10.9 Å². The van der Waals surface area contributed by atoms with Gasteiger partial charge in [-0.05, 0) is 38.7 Å². The molecule has 1 unspecified atom stereocenters. The summed E-state index contributed by atoms with van der Waals surface area (Å²) in [5.74, 6) is 1.40. The van der Waals surface area contributed by atoms with Gasteiger partial charge in [-0.2, -0.15) is 0 Å². The summed E-state index contributed by atoms with van der Waals surface area (Å²) in [6.45, 7) is 10.1. The first-order chi connectivity index (χ1) is 10.5. The Bertz CT molecular complexity index is 540. The number of rotatable bonds is 7. The molecule has 1 aromatic heterocycles. The molecule has 0 saturated heterocycles. The van der Waals surface area contributed by atoms with Crippen LogP contribution in [0.2, 0.25) is 0 Å². The smallest absolute Gasteiger partial charge is 0.250 e. The lowest BCUT2D eigenvalue weighted by atomic mass is 10.1. The molecule has 1 rings (SSSR count). The summed E-state index contributed by atoms with van der Waals surface area (Å²) in [5, 5.41) is 6.70. The predicted molar refractivity (Wildman–Crippen MR) is 109 cm³/mol. The molecule has 0 bridgehead atoms. The van der Waals surface area contributed by atoms with Crippen molar-refractivity contribution < 1.29 is 0 Å². The van der Waals surface area contributed by atoms with Crippen molar-refractivity contribution >= 4 is 29.9 Å². The standard InChI is InChI=1S/C17H30N4O.HI/c1-13(2)15(4)20-17(18-5)19-11-6-7-12-21-14(3)9-8-10-16(21)22;/h8-10,13,15H,6-7,11-12H2,1-5H3,(H2,18,19,20);1H. The lowest BCUT2D eigenvalue weighted by molar-refractivity contribution is 0.479. The van der Waals surface area contributed by atoms with E-state index in [-0.39, 0.29) is 29.5 Å². The largest absolute Gasteiger partial charge is 0.356 e. The molecule has 0 aliphatic heterocycles. The van der Waals surface area contributed by atoms with Gasteiger partial charge in [0.15, 0.2) is 5.96 Å². The number of pyridine rings is 1. The Morgan fingerprint density at radius 1 is 1.26 bits per heavy atom. The molecule has 6 heteroatoms. The van der Waals surface area contributed by atoms with Crippen LogP contribution in [0.3, 0.4) is 0 Å². The van der Waals surface area contributed by atoms with Gasteiger partial charge in [0.1, 0.15) is 0 Å². The third kappa shape index (κ3) is 7.85. The Morgan fingerprint density at radius 2 is 1.96 bits per heavy atom. The Hall–Kier alpha value is -1.05. The second-order valence-corrected chi connectivity index (χ2v) is 6.04. The van der Waals surface area contributed by atoms with E-state index in [2.05, 4.69) is 36.4 Å². The normalized spacial score (nSPS) is 12.7. The molecular formula is C17H31IN4O. The Labute approximate surface area is 157 Å². The second kappa shape index (κ2) is 11.5. The first-order valence-corrected chi connectivity index (χ1v) is 8.09. The highest BCUT2D eigenvalue weighted by atomic mass is 127. The number of guanidine groups is 1. The molecule has 1 atom stereocenters. The number of aliphatic imine (C=N–C) groups is 1. The zero-order chi connectivity index (χ0) is 16.5. The SMILES string of the molecule is CN=C(NCCCCn1c(C)cccc1=O)NC(C)C(C)C.I. The van der Waals surface area contributed by atoms with Gasteiger partial charge in [0.25, 0.3) is 5.56 Å². The molecule has 0 aliphatic rings. The fraction of sp³-hybridized carbons (Fsp3) is 0.647. The molecule has 0 fully saturated rings. The molecule has 2 N–H and O–H groups in total. The molecule has 0 amide bonds. The highest BCUT2D eigenvalue weighted by molar-refractivity contribution is 14.0. The maximum Gasteiger partial charge on any atom is 0.250 e. The highest BCUT2D eigenvalue weighted by Crippen LogP contribution is 2.00. The Kier molecular flexibility index (Phi) is 11.0. The maximum atomic E-state index is 11.8. The van der Waals surface area contributed by atoms with Gasteiger partial charge < -0.3 is 15.2 Å². The molecule has 0 radical (unpaired) electrons. The summed E-state index contributed by atoms with van der Waals surface area (Å²) in [6.07, 6.45) is 1.96. The maximum absolute atomic E-state index is 11.8. The highest BCUT2D eigenvalue weighted by Gasteiger charge is 2.08. The van der Waals surface area contributed by atoms with E-state index in [1.165, 1.54) is 0 Å². The number of unbranched alkanes of at least 4 members (excludes halogenated alkanes) is 1. The van der Waals surface area contributed by atoms with Crippen molar-refractivity contribution in [2.45, 2.75) is 53.1 Å². The van der Waals surface area contributed by atoms with Crippen LogP contribution in [0.5, 0.6) is 0 Å². The fourth-order valence-electron chi connectivity index (χ4n) is 2.09. The van der Waals surface area contributed by atoms with Crippen LogP contribution < -0.4 is 16.2 Å². The van der Waals surface area contributed by atoms with E-state index in [0.29, 0.717) is 12.0 Å². The van der Waals surface area contributed by atoms with E-state index in [1.54, 1.807) is 19.2 Å². The van der Waals surface area contributed by atoms with E-state index in [4.69, 9.17) is 0 Å². The van der Waals surface area contributed by atoms with Crippen molar-refractivity contribution in [1.29, 1.82) is 0 Å². The van der Waals surface area contributed by atoms with E-state index in [1.807, 2.05) is 17.6 Å². The van der Waals surface area contributed by atoms with E-state index in [9.17, 15) is 4.79 Å². The summed E-state index contributed by atoms with van der Waals surface area (Å²) in [7, 11) is 1.79. The van der Waals surface area contributed by atoms with Crippen LogP contribution in [-0.2, 0) is 6.54 Å². The third-order valence-electron chi connectivity index (χ3n) is 3.96. The number of halogens is 1. The van der Waals surface area contributed by atoms with Crippen LogP contribution in [-0.4, -0.2) is 30.2 Å². The molecule has 5 nitrogen and oxygen atoms in total. The van der Waals surface area contributed by atoms with Crippen LogP contribution in [0, 0.1) is 12.8 Å². The molecule has 0 saturated carbocycles. The van der Waals surface area contributed by atoms with Gasteiger partial charge in [0.05, 0.1) is 0 Å². The molecule has 0 aliphatic carbocycles. The summed E-state index contributed by atoms with van der Waals surface area (Å²) in [4.78, 5) is 16.0. The van der Waals surface area contributed by atoms with Gasteiger partial charge in [0, 0.05) is 37.9 Å². The van der Waals surface area contributed by atoms with Crippen molar-refractivity contribution in [3.05, 3.63) is 34.2 Å². The van der Waals surface area contributed by atoms with E-state index in [0.717, 1.165) is 37.6 Å². The fourth-order valence-corrected chi connectivity index (χ4v) is 2.09. The topological polar surface area (TPSA) is 58.4 Å². The molecule has 0 spiro atoms. The lowest BCUT2D eigenvalue weighted by Crippen LogP contribution is -2.44. The van der Waals surface area contributed by atoms with Gasteiger partial charge in [-0.3, -0.25) is 9.79 Å². The molecule has 23 heavy (non-hydrogen) atoms. The minimum Gasteiger partial charge on any atom is -0.356 e. The summed E-state index contributed by atoms with van der Waals surface area (Å²) >= 11 is 0. The molecule has 1 aromatic rings. The van der Waals surface area contributed by atoms with Crippen molar-refractivity contribution in [2.75, 3.05) is 13.6 Å². The van der Waals surface area contributed by atoms with Crippen LogP contribution >= 0.6 is 24.0 Å². The van der Waals surface area contributed by atoms with Gasteiger partial charge in [-0.1, -0.05) is 19.9 Å². The monoisotopic (exact) mass is 434 g/mol. The number of nitrogens with zero attached hydrogens (tertiary/aromatic N) is 2. The van der Waals surface area contributed by atoms with Crippen LogP contribution in [0.25, 0.3) is 0 Å². The third-order valence-corrected chi connectivity index (χ3v) is 3.96. The predicted octanol–water partition coefficient (Wildman–Crippen LogP) is 2.76. The van der Waals surface area contributed by atoms with Gasteiger partial charge >= 0.3 is 0 Å². The lowest BCUT2D eigenvalue weighted by Gasteiger charge is -2.20. The first kappa shape index (κ1) is 21.9. The Morgan fingerprint density at radius 3 is 2.52 bits per heavy atom. The zero-order valence-electron chi connectivity index (χ0n) is 14.9. The van der Waals surface area contributed by atoms with Gasteiger partial charge in [0.2, 0.25) is 0 Å². The number of nitrogens with one attached hydrogen (secondary N) is 2. The number of hydrogen-bond donors (Lipinski definition) is 2. The average Bonchev–Trinajstić information content (AvgIpc) is 2.47. The summed E-state index contributed by atoms with van der Waals surface area (Å²) in [5.41, 5.74) is 1.10. The number of aromatic nitrogens is 1. The number of hydrogen-bond acceptors (Lipinski definition) is 2. The molecule has 0 aromatic carbocycles. The minimum atomic E-state index is 0. The summed E-state index contributed by atoms with van der Waals surface area (Å²) in [6, 6.07) is 5.78. The molecule has 132 valence electrons. The van der Waals surface area contributed by atoms with Crippen molar-refractivity contribution in [3.8, 4) is 0 Å². The van der Waals surface area contributed by atoms with Gasteiger partial charge in [-0.25, -0.2) is 0 Å². The first-order valence-electron chi connectivity index (χ1n) is 8.09. The van der Waals surface area contributed by atoms with Gasteiger partial charge in [-0.15, -0.1) is 24.0 Å². The summed E-state index contributed by atoms with van der Waals surface area (Å²) < 4.78 is 1.83. The minimum absolute atomic E-state index is 0. The van der Waals surface area contributed by atoms with E-state index < -0.39 is 0 Å². The van der Waals surface area contributed by atoms with Crippen LogP contribution in [0.4, 0.5) is 0 Å². The van der Waals surface area contributed by atoms with Crippen LogP contribution in [0.1, 0.15) is 39.3 Å². The zero-order valence-corrected chi connectivity index (χ0v) is 17.3. The average molecular weight is 434 g/mol. The quantitative estimate of drug-likeness (QED) is 0.300.